The maximum Gasteiger partial charge on any atom is 0.338 e. The van der Waals surface area contributed by atoms with Crippen molar-refractivity contribution in [3.8, 4) is 0 Å². The van der Waals surface area contributed by atoms with Gasteiger partial charge in [-0.25, -0.2) is 9.69 Å². The minimum absolute atomic E-state index is 0.0336. The average Bonchev–Trinajstić information content (AvgIpc) is 3.05. The summed E-state index contributed by atoms with van der Waals surface area (Å²) in [6, 6.07) is 14.3. The second-order valence-corrected chi connectivity index (χ2v) is 8.53. The van der Waals surface area contributed by atoms with Gasteiger partial charge in [-0.05, 0) is 61.4 Å². The lowest BCUT2D eigenvalue weighted by Gasteiger charge is -2.17. The molecule has 3 aromatic carbocycles. The molecule has 3 amide bonds. The number of anilines is 2. The Morgan fingerprint density at radius 2 is 1.59 bits per heavy atom. The van der Waals surface area contributed by atoms with Gasteiger partial charge in [0.2, 0.25) is 0 Å². The second kappa shape index (κ2) is 9.29. The Morgan fingerprint density at radius 3 is 2.29 bits per heavy atom. The van der Waals surface area contributed by atoms with E-state index in [2.05, 4.69) is 5.32 Å². The summed E-state index contributed by atoms with van der Waals surface area (Å²) in [6.45, 7) is 3.08. The monoisotopic (exact) mass is 496 g/mol. The van der Waals surface area contributed by atoms with Gasteiger partial charge in [-0.2, -0.15) is 0 Å². The summed E-state index contributed by atoms with van der Waals surface area (Å²) in [5.41, 5.74) is 2.68. The highest BCUT2D eigenvalue weighted by Crippen LogP contribution is 2.32. The first-order valence-corrected chi connectivity index (χ1v) is 10.9. The number of fused-ring (bicyclic) bond motifs is 1. The van der Waals surface area contributed by atoms with Gasteiger partial charge >= 0.3 is 5.97 Å². The van der Waals surface area contributed by atoms with Crippen molar-refractivity contribution in [3.63, 3.8) is 0 Å². The van der Waals surface area contributed by atoms with Gasteiger partial charge < -0.3 is 10.1 Å². The lowest BCUT2D eigenvalue weighted by atomic mass is 10.1. The number of nitrogens with zero attached hydrogens (tertiary/aromatic N) is 1. The number of rotatable bonds is 5. The number of halogens is 2. The first-order chi connectivity index (χ1) is 16.2. The van der Waals surface area contributed by atoms with E-state index in [9.17, 15) is 19.2 Å². The zero-order chi connectivity index (χ0) is 24.6. The Bertz CT molecular complexity index is 1350. The molecule has 0 radical (unpaired) electrons. The lowest BCUT2D eigenvalue weighted by molar-refractivity contribution is -0.119. The normalized spacial score (nSPS) is 12.5. The number of nitrogens with one attached hydrogen (secondary N) is 1. The number of hydrogen-bond donors (Lipinski definition) is 1. The van der Waals surface area contributed by atoms with Gasteiger partial charge in [0.15, 0.2) is 6.61 Å². The van der Waals surface area contributed by atoms with Crippen LogP contribution in [0.4, 0.5) is 11.4 Å². The number of ether oxygens (including phenoxy) is 1. The molecule has 0 atom stereocenters. The lowest BCUT2D eigenvalue weighted by Crippen LogP contribution is -2.30. The summed E-state index contributed by atoms with van der Waals surface area (Å²) in [5.74, 6) is -2.47. The van der Waals surface area contributed by atoms with Gasteiger partial charge in [-0.1, -0.05) is 41.4 Å². The maximum atomic E-state index is 13.0. The van der Waals surface area contributed by atoms with Crippen LogP contribution in [0.25, 0.3) is 0 Å². The third kappa shape index (κ3) is 4.40. The number of para-hydroxylation sites is 1. The van der Waals surface area contributed by atoms with Crippen molar-refractivity contribution in [1.29, 1.82) is 0 Å². The number of esters is 1. The molecule has 7 nitrogen and oxygen atoms in total. The molecule has 1 aliphatic rings. The highest BCUT2D eigenvalue weighted by molar-refractivity contribution is 6.39. The fourth-order valence-corrected chi connectivity index (χ4v) is 4.05. The zero-order valence-corrected chi connectivity index (χ0v) is 19.7. The van der Waals surface area contributed by atoms with Crippen LogP contribution < -0.4 is 10.2 Å². The van der Waals surface area contributed by atoms with E-state index in [1.165, 1.54) is 18.2 Å². The zero-order valence-electron chi connectivity index (χ0n) is 18.1. The maximum absolute atomic E-state index is 13.0. The summed E-state index contributed by atoms with van der Waals surface area (Å²) in [7, 11) is 0. The third-order valence-corrected chi connectivity index (χ3v) is 5.92. The number of carbonyl (C=O) groups excluding carboxylic acids is 4. The topological polar surface area (TPSA) is 92.8 Å². The number of aryl methyl sites for hydroxylation is 2. The third-order valence-electron chi connectivity index (χ3n) is 5.29. The molecular weight excluding hydrogens is 479 g/mol. The standard InChI is InChI=1S/C25H18Cl2N2O5/c1-13-6-7-14(2)20(10-13)29-23(31)16-9-8-15(11-17(16)24(29)32)25(33)34-12-21(30)28-22-18(26)4-3-5-19(22)27/h3-11H,12H2,1-2H3,(H,28,30). The minimum Gasteiger partial charge on any atom is -0.452 e. The summed E-state index contributed by atoms with van der Waals surface area (Å²) >= 11 is 12.0. The smallest absolute Gasteiger partial charge is 0.338 e. The molecule has 172 valence electrons. The van der Waals surface area contributed by atoms with Gasteiger partial charge in [-0.15, -0.1) is 0 Å². The Balaban J connectivity index is 1.48. The van der Waals surface area contributed by atoms with E-state index in [0.717, 1.165) is 16.0 Å². The van der Waals surface area contributed by atoms with Crippen LogP contribution in [-0.2, 0) is 9.53 Å². The van der Waals surface area contributed by atoms with E-state index in [1.54, 1.807) is 24.3 Å². The largest absolute Gasteiger partial charge is 0.452 e. The molecule has 34 heavy (non-hydrogen) atoms. The molecule has 3 aromatic rings. The quantitative estimate of drug-likeness (QED) is 0.386. The molecule has 9 heteroatoms. The average molecular weight is 497 g/mol. The summed E-state index contributed by atoms with van der Waals surface area (Å²) in [5, 5.41) is 2.96. The van der Waals surface area contributed by atoms with Crippen LogP contribution in [-0.4, -0.2) is 30.3 Å². The van der Waals surface area contributed by atoms with Crippen molar-refractivity contribution in [2.45, 2.75) is 13.8 Å². The molecular formula is C25H18Cl2N2O5. The molecule has 1 heterocycles. The van der Waals surface area contributed by atoms with E-state index in [-0.39, 0.29) is 32.4 Å². The number of imide groups is 1. The van der Waals surface area contributed by atoms with E-state index < -0.39 is 30.3 Å². The molecule has 4 rings (SSSR count). The van der Waals surface area contributed by atoms with Gasteiger partial charge in [0, 0.05) is 0 Å². The summed E-state index contributed by atoms with van der Waals surface area (Å²) in [4.78, 5) is 51.7. The van der Waals surface area contributed by atoms with Crippen LogP contribution in [0.3, 0.4) is 0 Å². The SMILES string of the molecule is Cc1ccc(C)c(N2C(=O)c3ccc(C(=O)OCC(=O)Nc4c(Cl)cccc4Cl)cc3C2=O)c1. The summed E-state index contributed by atoms with van der Waals surface area (Å²) < 4.78 is 5.06. The predicted octanol–water partition coefficient (Wildman–Crippen LogP) is 5.21. The fourth-order valence-electron chi connectivity index (χ4n) is 3.55. The minimum atomic E-state index is -0.825. The van der Waals surface area contributed by atoms with E-state index in [0.29, 0.717) is 5.69 Å². The molecule has 0 saturated heterocycles. The van der Waals surface area contributed by atoms with Crippen LogP contribution in [0.5, 0.6) is 0 Å². The van der Waals surface area contributed by atoms with Gasteiger partial charge in [-0.3, -0.25) is 14.4 Å². The number of benzene rings is 3. The van der Waals surface area contributed by atoms with Crippen molar-refractivity contribution in [2.75, 3.05) is 16.8 Å². The number of amides is 3. The Labute approximate surface area is 205 Å². The summed E-state index contributed by atoms with van der Waals surface area (Å²) in [6.07, 6.45) is 0. The van der Waals surface area contributed by atoms with Crippen molar-refractivity contribution < 1.29 is 23.9 Å². The molecule has 0 fully saturated rings. The van der Waals surface area contributed by atoms with Gasteiger partial charge in [0.05, 0.1) is 38.1 Å². The highest BCUT2D eigenvalue weighted by atomic mass is 35.5. The van der Waals surface area contributed by atoms with Crippen LogP contribution in [0, 0.1) is 13.8 Å². The van der Waals surface area contributed by atoms with Crippen molar-refractivity contribution in [2.24, 2.45) is 0 Å². The molecule has 1 aliphatic heterocycles. The second-order valence-electron chi connectivity index (χ2n) is 7.72. The van der Waals surface area contributed by atoms with Crippen LogP contribution in [0.1, 0.15) is 42.2 Å². The van der Waals surface area contributed by atoms with Gasteiger partial charge in [0.25, 0.3) is 17.7 Å². The van der Waals surface area contributed by atoms with Gasteiger partial charge in [0.1, 0.15) is 0 Å². The Morgan fingerprint density at radius 1 is 0.912 bits per heavy atom. The molecule has 0 spiro atoms. The van der Waals surface area contributed by atoms with Crippen LogP contribution >= 0.6 is 23.2 Å². The van der Waals surface area contributed by atoms with Crippen molar-refractivity contribution in [1.82, 2.24) is 0 Å². The van der Waals surface area contributed by atoms with Crippen LogP contribution in [0.2, 0.25) is 10.0 Å². The molecule has 0 unspecified atom stereocenters. The predicted molar refractivity (Wildman–Crippen MR) is 129 cm³/mol. The Hall–Kier alpha value is -3.68. The van der Waals surface area contributed by atoms with Crippen molar-refractivity contribution in [3.05, 3.63) is 92.5 Å². The molecule has 0 aliphatic carbocycles. The fraction of sp³-hybridized carbons (Fsp3) is 0.120. The first-order valence-electron chi connectivity index (χ1n) is 10.2. The van der Waals surface area contributed by atoms with Crippen LogP contribution in [0.15, 0.2) is 54.6 Å². The Kier molecular flexibility index (Phi) is 6.41. The van der Waals surface area contributed by atoms with Crippen molar-refractivity contribution >= 4 is 58.3 Å². The van der Waals surface area contributed by atoms with E-state index in [1.807, 2.05) is 26.0 Å². The highest BCUT2D eigenvalue weighted by Gasteiger charge is 2.38. The van der Waals surface area contributed by atoms with E-state index in [4.69, 9.17) is 27.9 Å². The molecule has 1 N–H and O–H groups in total. The molecule has 0 bridgehead atoms. The number of carbonyl (C=O) groups is 4. The molecule has 0 aromatic heterocycles. The first kappa shape index (κ1) is 23.5. The number of hydrogen-bond acceptors (Lipinski definition) is 5. The molecule has 0 saturated carbocycles. The van der Waals surface area contributed by atoms with E-state index >= 15 is 0 Å².